The minimum atomic E-state index is 0.676. The Labute approximate surface area is 192 Å². The zero-order valence-electron chi connectivity index (χ0n) is 18.1. The third-order valence-electron chi connectivity index (χ3n) is 6.01. The van der Waals surface area contributed by atoms with E-state index < -0.39 is 0 Å². The number of rotatable bonds is 4. The number of anilines is 3. The third kappa shape index (κ3) is 3.78. The van der Waals surface area contributed by atoms with Crippen molar-refractivity contribution in [2.24, 2.45) is 0 Å². The maximum atomic E-state index is 5.55. The van der Waals surface area contributed by atoms with E-state index >= 15 is 0 Å². The van der Waals surface area contributed by atoms with Gasteiger partial charge in [0.1, 0.15) is 5.82 Å². The van der Waals surface area contributed by atoms with Gasteiger partial charge in [-0.3, -0.25) is 4.98 Å². The van der Waals surface area contributed by atoms with Crippen LogP contribution in [-0.2, 0) is 11.2 Å². The number of pyridine rings is 1. The van der Waals surface area contributed by atoms with E-state index in [9.17, 15) is 0 Å². The van der Waals surface area contributed by atoms with Crippen LogP contribution in [-0.4, -0.2) is 57.8 Å². The van der Waals surface area contributed by atoms with Crippen molar-refractivity contribution < 1.29 is 4.74 Å². The Morgan fingerprint density at radius 1 is 0.788 bits per heavy atom. The Bertz CT molecular complexity index is 1260. The van der Waals surface area contributed by atoms with E-state index in [-0.39, 0.29) is 0 Å². The summed E-state index contributed by atoms with van der Waals surface area (Å²) in [6, 6.07) is 16.0. The summed E-state index contributed by atoms with van der Waals surface area (Å²) in [5.41, 5.74) is 4.86. The maximum Gasteiger partial charge on any atom is 0.228 e. The Morgan fingerprint density at radius 2 is 1.61 bits per heavy atom. The zero-order valence-corrected chi connectivity index (χ0v) is 18.1. The molecule has 0 N–H and O–H groups in total. The second-order valence-electron chi connectivity index (χ2n) is 8.01. The SMILES string of the molecule is c1ccc(-c2nccc(-c3nc(N4CCOCC4)nc4c3CCN4c3ccncc3)n2)cc1. The second-order valence-corrected chi connectivity index (χ2v) is 8.01. The summed E-state index contributed by atoms with van der Waals surface area (Å²) in [4.78, 5) is 28.1. The number of benzene rings is 1. The second kappa shape index (κ2) is 8.55. The highest BCUT2D eigenvalue weighted by Crippen LogP contribution is 2.38. The van der Waals surface area contributed by atoms with Gasteiger partial charge in [-0.15, -0.1) is 0 Å². The molecule has 3 aromatic heterocycles. The lowest BCUT2D eigenvalue weighted by Crippen LogP contribution is -2.37. The van der Waals surface area contributed by atoms with Gasteiger partial charge in [0.15, 0.2) is 5.82 Å². The number of ether oxygens (including phenoxy) is 1. The van der Waals surface area contributed by atoms with Crippen molar-refractivity contribution in [3.63, 3.8) is 0 Å². The highest BCUT2D eigenvalue weighted by molar-refractivity contribution is 5.76. The first-order valence-corrected chi connectivity index (χ1v) is 11.2. The molecular formula is C25H23N7O. The highest BCUT2D eigenvalue weighted by atomic mass is 16.5. The molecule has 0 amide bonds. The Hall–Kier alpha value is -3.91. The number of morpholine rings is 1. The topological polar surface area (TPSA) is 80.2 Å². The van der Waals surface area contributed by atoms with Crippen LogP contribution in [0, 0.1) is 0 Å². The number of aromatic nitrogens is 5. The van der Waals surface area contributed by atoms with Crippen LogP contribution in [0.5, 0.6) is 0 Å². The summed E-state index contributed by atoms with van der Waals surface area (Å²) in [6.45, 7) is 3.73. The third-order valence-corrected chi connectivity index (χ3v) is 6.01. The van der Waals surface area contributed by atoms with E-state index in [1.165, 1.54) is 0 Å². The Morgan fingerprint density at radius 3 is 2.42 bits per heavy atom. The lowest BCUT2D eigenvalue weighted by atomic mass is 10.1. The van der Waals surface area contributed by atoms with Crippen LogP contribution >= 0.6 is 0 Å². The van der Waals surface area contributed by atoms with Crippen LogP contribution in [0.15, 0.2) is 67.1 Å². The van der Waals surface area contributed by atoms with Crippen LogP contribution in [0.1, 0.15) is 5.56 Å². The minimum Gasteiger partial charge on any atom is -0.378 e. The molecule has 0 spiro atoms. The van der Waals surface area contributed by atoms with Crippen molar-refractivity contribution in [1.82, 2.24) is 24.9 Å². The van der Waals surface area contributed by atoms with Crippen molar-refractivity contribution in [3.8, 4) is 22.8 Å². The number of fused-ring (bicyclic) bond motifs is 1. The number of hydrogen-bond donors (Lipinski definition) is 0. The molecule has 1 aromatic carbocycles. The number of hydrogen-bond acceptors (Lipinski definition) is 8. The molecule has 0 radical (unpaired) electrons. The monoisotopic (exact) mass is 437 g/mol. The van der Waals surface area contributed by atoms with Gasteiger partial charge in [0.2, 0.25) is 5.95 Å². The molecule has 0 aliphatic carbocycles. The largest absolute Gasteiger partial charge is 0.378 e. The molecule has 8 nitrogen and oxygen atoms in total. The molecule has 8 heteroatoms. The quantitative estimate of drug-likeness (QED) is 0.480. The van der Waals surface area contributed by atoms with E-state index in [1.807, 2.05) is 67.1 Å². The van der Waals surface area contributed by atoms with Crippen LogP contribution in [0.3, 0.4) is 0 Å². The Balaban J connectivity index is 1.49. The van der Waals surface area contributed by atoms with Crippen molar-refractivity contribution >= 4 is 17.5 Å². The summed E-state index contributed by atoms with van der Waals surface area (Å²) in [5.74, 6) is 2.35. The average Bonchev–Trinajstić information content (AvgIpc) is 3.34. The average molecular weight is 438 g/mol. The fourth-order valence-electron chi connectivity index (χ4n) is 4.35. The zero-order chi connectivity index (χ0) is 22.0. The summed E-state index contributed by atoms with van der Waals surface area (Å²) in [5, 5.41) is 0. The molecule has 1 fully saturated rings. The fraction of sp³-hybridized carbons (Fsp3) is 0.240. The van der Waals surface area contributed by atoms with Crippen LogP contribution < -0.4 is 9.80 Å². The van der Waals surface area contributed by atoms with E-state index in [1.54, 1.807) is 0 Å². The summed E-state index contributed by atoms with van der Waals surface area (Å²) >= 11 is 0. The molecular weight excluding hydrogens is 414 g/mol. The smallest absolute Gasteiger partial charge is 0.228 e. The molecule has 164 valence electrons. The standard InChI is InChI=1S/C25H23N7O/c1-2-4-18(5-3-1)23-27-12-8-21(28-23)22-20-9-13-32(19-6-10-26-11-7-19)24(20)30-25(29-22)31-14-16-33-17-15-31/h1-8,10-12H,9,13-17H2. The van der Waals surface area contributed by atoms with E-state index in [0.717, 1.165) is 60.1 Å². The first-order chi connectivity index (χ1) is 16.4. The van der Waals surface area contributed by atoms with Gasteiger partial charge in [-0.05, 0) is 24.6 Å². The highest BCUT2D eigenvalue weighted by Gasteiger charge is 2.29. The molecule has 1 saturated heterocycles. The van der Waals surface area contributed by atoms with Crippen LogP contribution in [0.4, 0.5) is 17.5 Å². The van der Waals surface area contributed by atoms with Gasteiger partial charge < -0.3 is 14.5 Å². The first-order valence-electron chi connectivity index (χ1n) is 11.2. The van der Waals surface area contributed by atoms with Gasteiger partial charge in [-0.25, -0.2) is 15.0 Å². The first kappa shape index (κ1) is 19.8. The molecule has 0 bridgehead atoms. The van der Waals surface area contributed by atoms with Crippen molar-refractivity contribution in [3.05, 3.63) is 72.7 Å². The van der Waals surface area contributed by atoms with Gasteiger partial charge >= 0.3 is 0 Å². The van der Waals surface area contributed by atoms with Crippen molar-refractivity contribution in [2.75, 3.05) is 42.6 Å². The van der Waals surface area contributed by atoms with Gasteiger partial charge in [0.05, 0.1) is 24.6 Å². The number of nitrogens with zero attached hydrogens (tertiary/aromatic N) is 7. The van der Waals surface area contributed by atoms with Crippen LogP contribution in [0.2, 0.25) is 0 Å². The summed E-state index contributed by atoms with van der Waals surface area (Å²) < 4.78 is 5.55. The summed E-state index contributed by atoms with van der Waals surface area (Å²) in [6.07, 6.45) is 6.29. The van der Waals surface area contributed by atoms with E-state index in [2.05, 4.69) is 19.8 Å². The predicted molar refractivity (Wildman–Crippen MR) is 126 cm³/mol. The van der Waals surface area contributed by atoms with Gasteiger partial charge in [0, 0.05) is 55.0 Å². The molecule has 2 aliphatic rings. The van der Waals surface area contributed by atoms with Gasteiger partial charge in [-0.2, -0.15) is 4.98 Å². The van der Waals surface area contributed by atoms with E-state index in [0.29, 0.717) is 25.0 Å². The van der Waals surface area contributed by atoms with Crippen molar-refractivity contribution in [2.45, 2.75) is 6.42 Å². The molecule has 0 saturated carbocycles. The fourth-order valence-corrected chi connectivity index (χ4v) is 4.35. The molecule has 5 heterocycles. The molecule has 33 heavy (non-hydrogen) atoms. The van der Waals surface area contributed by atoms with E-state index in [4.69, 9.17) is 19.7 Å². The normalized spacial score (nSPS) is 15.5. The van der Waals surface area contributed by atoms with Gasteiger partial charge in [-0.1, -0.05) is 30.3 Å². The van der Waals surface area contributed by atoms with Crippen LogP contribution in [0.25, 0.3) is 22.8 Å². The molecule has 4 aromatic rings. The van der Waals surface area contributed by atoms with Gasteiger partial charge in [0.25, 0.3) is 0 Å². The lowest BCUT2D eigenvalue weighted by Gasteiger charge is -2.28. The molecule has 2 aliphatic heterocycles. The minimum absolute atomic E-state index is 0.676. The molecule has 0 unspecified atom stereocenters. The van der Waals surface area contributed by atoms with Crippen molar-refractivity contribution in [1.29, 1.82) is 0 Å². The lowest BCUT2D eigenvalue weighted by molar-refractivity contribution is 0.122. The predicted octanol–water partition coefficient (Wildman–Crippen LogP) is 3.53. The Kier molecular flexibility index (Phi) is 5.12. The molecule has 6 rings (SSSR count). The molecule has 0 atom stereocenters. The summed E-state index contributed by atoms with van der Waals surface area (Å²) in [7, 11) is 0. The maximum absolute atomic E-state index is 5.55.